The minimum atomic E-state index is -4.09. The number of unbranched alkanes of at least 4 members (excludes halogenated alkanes) is 3. The number of carbonyl (C=O) groups excluding carboxylic acids is 6. The average Bonchev–Trinajstić information content (AvgIpc) is 1.79. The molecule has 36 heteroatoms. The van der Waals surface area contributed by atoms with Gasteiger partial charge >= 0.3 is 380 Å². The third-order valence-corrected chi connectivity index (χ3v) is 20.8. The summed E-state index contributed by atoms with van der Waals surface area (Å²) in [7, 11) is -8.12. The van der Waals surface area contributed by atoms with Gasteiger partial charge in [0.05, 0.1) is 19.8 Å². The van der Waals surface area contributed by atoms with Crippen molar-refractivity contribution in [3.05, 3.63) is 0 Å². The Bertz CT molecular complexity index is 2500. The Morgan fingerprint density at radius 2 is 0.773 bits per heavy atom. The molecule has 0 radical (unpaired) electrons. The molecular formula is C61H112N6O28P2. The van der Waals surface area contributed by atoms with Crippen molar-refractivity contribution in [2.75, 3.05) is 85.8 Å². The van der Waals surface area contributed by atoms with Crippen molar-refractivity contribution in [1.82, 2.24) is 30.7 Å². The van der Waals surface area contributed by atoms with Crippen molar-refractivity contribution >= 4 is 51.3 Å². The number of nitrogens with one attached hydrogen (secondary N) is 3. The number of nitrogens with zero attached hydrogens (tertiary/aromatic N) is 3. The minimum Gasteiger partial charge on any atom is -0.394 e. The van der Waals surface area contributed by atoms with E-state index >= 15 is 0 Å². The first-order chi connectivity index (χ1) is 45.7. The average molecular weight is 1440 g/mol. The van der Waals surface area contributed by atoms with Gasteiger partial charge in [-0.3, -0.25) is 14.4 Å². The molecule has 15 unspecified atom stereocenters. The van der Waals surface area contributed by atoms with Crippen LogP contribution in [0.1, 0.15) is 132 Å². The molecule has 21 atom stereocenters. The smallest absolute Gasteiger partial charge is 0.394 e. The molecule has 14 N–H and O–H groups in total. The molecule has 0 bridgehead atoms. The zero-order valence-corrected chi connectivity index (χ0v) is 59.3. The summed E-state index contributed by atoms with van der Waals surface area (Å²) in [6, 6.07) is -4.86. The summed E-state index contributed by atoms with van der Waals surface area (Å²) < 4.78 is 65.8. The molecule has 97 heavy (non-hydrogen) atoms. The molecule has 6 fully saturated rings. The third kappa shape index (κ3) is 24.8. The Balaban J connectivity index is 1.05. The van der Waals surface area contributed by atoms with E-state index in [1.54, 1.807) is 14.7 Å². The standard InChI is InChI=1S/C61H112N6O28P2/c1-10-37-23-41(27-65(37)46(74)17-11-14-20-85-58-49(62-34(2)71)55(80)52(77)43(29-68)90-58)94-96(8,83)89-33-39-25-42(28-67(39)48(76)19-13-16-22-87-60-51(64-36(4)73)57(82)54(79)45(31-70)92-60)95-97(9,84)88-32-38-24-40(93-61(5,6)7)26-66(38)47(75)18-12-15-21-86-59-50(63-35(3)72)56(81)53(78)44(30-69)91-59/h37-45,49-60,68-70,77-84,96-97H,10-33H2,1-9H3,(H,62,71)(H,63,72)(H,64,73)/t37-,38+,39+,40-,41-,42-,43?,44?,45?,49?,50?,51?,52?,53?,54?,55?,56?,57?,58?,59?,60?/m1/s1. The van der Waals surface area contributed by atoms with E-state index in [4.69, 9.17) is 51.3 Å². The summed E-state index contributed by atoms with van der Waals surface area (Å²) in [6.07, 6.45) is -14.1. The minimum absolute atomic E-state index is 0.0125. The Labute approximate surface area is 567 Å². The van der Waals surface area contributed by atoms with Crippen LogP contribution in [0.2, 0.25) is 0 Å². The quantitative estimate of drug-likeness (QED) is 0.0217. The molecule has 0 spiro atoms. The SMILES string of the molecule is CC[C@@H]1C[C@@H](O[PH](C)(O)OC[C@@H]2C[C@@H](O[PH](C)(O)OC[C@@H]3C[C@@H](OC(C)(C)C)CN3C(=O)CCCCOC3OC(CO)C(O)C(O)C3NC(C)=O)CN2C(=O)CCCCOC2OC(CO)C(O)C(O)C2NC(C)=O)CN1C(=O)CCCCOC1OC(CO)C(O)C(O)C1NC(C)=O. The second-order valence-electron chi connectivity index (χ2n) is 27.2. The molecule has 0 aliphatic carbocycles. The predicted molar refractivity (Wildman–Crippen MR) is 345 cm³/mol. The first-order valence-corrected chi connectivity index (χ1v) is 38.4. The topological polar surface area (TPSA) is 472 Å². The number of hydrogen-bond donors (Lipinski definition) is 14. The van der Waals surface area contributed by atoms with Gasteiger partial charge in [-0.1, -0.05) is 0 Å². The van der Waals surface area contributed by atoms with Crippen LogP contribution in [0.25, 0.3) is 0 Å². The Morgan fingerprint density at radius 3 is 1.07 bits per heavy atom. The summed E-state index contributed by atoms with van der Waals surface area (Å²) in [5.74, 6) is -2.22. The van der Waals surface area contributed by atoms with Crippen LogP contribution in [0, 0.1) is 0 Å². The molecule has 0 aromatic rings. The van der Waals surface area contributed by atoms with Crippen molar-refractivity contribution in [3.8, 4) is 0 Å². The maximum absolute atomic E-state index is 14.3. The van der Waals surface area contributed by atoms with Crippen LogP contribution < -0.4 is 16.0 Å². The van der Waals surface area contributed by atoms with Gasteiger partial charge < -0.3 is 61.9 Å². The fourth-order valence-electron chi connectivity index (χ4n) is 13.2. The monoisotopic (exact) mass is 1440 g/mol. The summed E-state index contributed by atoms with van der Waals surface area (Å²) in [4.78, 5) is 106. The molecule has 564 valence electrons. The number of rotatable bonds is 36. The van der Waals surface area contributed by atoms with E-state index in [9.17, 15) is 84.5 Å². The molecule has 34 nitrogen and oxygen atoms in total. The van der Waals surface area contributed by atoms with E-state index in [-0.39, 0.29) is 121 Å². The van der Waals surface area contributed by atoms with Gasteiger partial charge in [-0.25, -0.2) is 0 Å². The van der Waals surface area contributed by atoms with Gasteiger partial charge in [-0.05, 0) is 0 Å². The van der Waals surface area contributed by atoms with Crippen LogP contribution in [0.3, 0.4) is 0 Å². The molecule has 0 aromatic heterocycles. The number of amides is 6. The van der Waals surface area contributed by atoms with Crippen molar-refractivity contribution in [1.29, 1.82) is 0 Å². The van der Waals surface area contributed by atoms with Gasteiger partial charge in [0.25, 0.3) is 0 Å². The molecule has 0 saturated carbocycles. The van der Waals surface area contributed by atoms with Crippen LogP contribution in [0.5, 0.6) is 0 Å². The second-order valence-corrected chi connectivity index (χ2v) is 31.9. The fourth-order valence-corrected chi connectivity index (χ4v) is 15.9. The number of ether oxygens (including phenoxy) is 7. The zero-order valence-electron chi connectivity index (χ0n) is 57.3. The molecule has 6 heterocycles. The van der Waals surface area contributed by atoms with Gasteiger partial charge in [0.15, 0.2) is 0 Å². The van der Waals surface area contributed by atoms with Gasteiger partial charge in [0.2, 0.25) is 17.7 Å². The number of hydrogen-bond acceptors (Lipinski definition) is 28. The molecule has 6 rings (SSSR count). The van der Waals surface area contributed by atoms with Crippen LogP contribution in [-0.2, 0) is 80.0 Å². The first-order valence-electron chi connectivity index (χ1n) is 33.9. The second kappa shape index (κ2) is 38.4. The van der Waals surface area contributed by atoms with E-state index < -0.39 is 175 Å². The number of likely N-dealkylation sites (tertiary alicyclic amines) is 3. The van der Waals surface area contributed by atoms with Crippen molar-refractivity contribution in [2.24, 2.45) is 0 Å². The van der Waals surface area contributed by atoms with E-state index in [0.717, 1.165) is 0 Å². The van der Waals surface area contributed by atoms with Gasteiger partial charge in [-0.2, -0.15) is 0 Å². The van der Waals surface area contributed by atoms with Gasteiger partial charge in [0.1, 0.15) is 54.9 Å². The predicted octanol–water partition coefficient (Wildman–Crippen LogP) is -3.19. The Kier molecular flexibility index (Phi) is 32.7. The Hall–Kier alpha value is -3.20. The van der Waals surface area contributed by atoms with E-state index in [1.165, 1.54) is 34.1 Å². The van der Waals surface area contributed by atoms with Crippen LogP contribution in [0.15, 0.2) is 0 Å². The normalized spacial score (nSPS) is 33.9. The van der Waals surface area contributed by atoms with Crippen LogP contribution in [-0.4, -0.2) is 326 Å². The molecule has 6 saturated heterocycles. The van der Waals surface area contributed by atoms with Gasteiger partial charge in [0, 0.05) is 20.8 Å². The van der Waals surface area contributed by atoms with Crippen LogP contribution >= 0.6 is 15.9 Å². The fraction of sp³-hybridized carbons (Fsp3) is 0.902. The zero-order chi connectivity index (χ0) is 71.7. The maximum atomic E-state index is 14.3. The summed E-state index contributed by atoms with van der Waals surface area (Å²) in [5.41, 5.74) is -0.560. The molecule has 0 aromatic carbocycles. The number of carbonyl (C=O) groups is 6. The molecule has 6 aliphatic heterocycles. The van der Waals surface area contributed by atoms with Crippen LogP contribution in [0.4, 0.5) is 0 Å². The van der Waals surface area contributed by atoms with E-state index in [0.29, 0.717) is 44.9 Å². The van der Waals surface area contributed by atoms with Gasteiger partial charge in [-0.15, -0.1) is 0 Å². The summed E-state index contributed by atoms with van der Waals surface area (Å²) in [5, 5.41) is 99.8. The molecule has 6 amide bonds. The summed E-state index contributed by atoms with van der Waals surface area (Å²) >= 11 is 0. The third-order valence-electron chi connectivity index (χ3n) is 17.9. The molecule has 6 aliphatic rings. The van der Waals surface area contributed by atoms with Crippen molar-refractivity contribution in [3.63, 3.8) is 0 Å². The Morgan fingerprint density at radius 1 is 0.474 bits per heavy atom. The van der Waals surface area contributed by atoms with E-state index in [2.05, 4.69) is 16.0 Å². The van der Waals surface area contributed by atoms with Crippen molar-refractivity contribution in [2.45, 2.75) is 266 Å². The summed E-state index contributed by atoms with van der Waals surface area (Å²) in [6.45, 7) is 12.5. The van der Waals surface area contributed by atoms with E-state index in [1.807, 2.05) is 27.7 Å². The number of aliphatic hydroxyl groups excluding tert-OH is 9. The van der Waals surface area contributed by atoms with Crippen molar-refractivity contribution < 1.29 is 136 Å². The number of aliphatic hydroxyl groups is 9. The molecular weight excluding hydrogens is 1330 g/mol. The first kappa shape index (κ1) is 82.8.